The second-order valence-electron chi connectivity index (χ2n) is 7.91. The van der Waals surface area contributed by atoms with Crippen LogP contribution in [-0.2, 0) is 10.0 Å². The number of carbonyl (C=O) groups excluding carboxylic acids is 2. The van der Waals surface area contributed by atoms with Crippen molar-refractivity contribution in [3.8, 4) is 0 Å². The maximum Gasteiger partial charge on any atom is 0.333 e. The Hall–Kier alpha value is -4.09. The normalized spacial score (nSPS) is 15.1. The zero-order chi connectivity index (χ0) is 30.1. The summed E-state index contributed by atoms with van der Waals surface area (Å²) in [5, 5.41) is 1.71. The lowest BCUT2D eigenvalue weighted by molar-refractivity contribution is 0.0942. The molecule has 0 fully saturated rings. The van der Waals surface area contributed by atoms with E-state index in [-0.39, 0.29) is 12.8 Å². The number of rotatable bonds is 7. The first kappa shape index (κ1) is 30.5. The number of carbonyl (C=O) groups is 2. The third kappa shape index (κ3) is 5.90. The summed E-state index contributed by atoms with van der Waals surface area (Å²) < 4.78 is 160. The molecule has 216 valence electrons. The van der Waals surface area contributed by atoms with Crippen molar-refractivity contribution >= 4 is 27.6 Å². The zero-order valence-corrected chi connectivity index (χ0v) is 20.1. The van der Waals surface area contributed by atoms with E-state index in [0.717, 1.165) is 6.08 Å². The summed E-state index contributed by atoms with van der Waals surface area (Å²) in [4.78, 5) is 23.8. The lowest BCUT2D eigenvalue weighted by atomic mass is 10.0. The molecule has 0 bridgehead atoms. The number of benzene rings is 2. The monoisotopic (exact) mass is 605 g/mol. The largest absolute Gasteiger partial charge is 0.352 e. The Bertz CT molecular complexity index is 1520. The van der Waals surface area contributed by atoms with E-state index in [9.17, 15) is 61.9 Å². The van der Waals surface area contributed by atoms with Crippen molar-refractivity contribution in [1.82, 2.24) is 10.0 Å². The average molecular weight is 605 g/mol. The summed E-state index contributed by atoms with van der Waals surface area (Å²) in [6, 6.07) is -1.85. The summed E-state index contributed by atoms with van der Waals surface area (Å²) in [6.07, 6.45) is 3.03. The van der Waals surface area contributed by atoms with Crippen LogP contribution in [0.1, 0.15) is 23.2 Å². The number of anilines is 1. The van der Waals surface area contributed by atoms with Gasteiger partial charge in [-0.15, -0.1) is 0 Å². The second-order valence-corrected chi connectivity index (χ2v) is 9.81. The number of urea groups is 1. The van der Waals surface area contributed by atoms with Crippen molar-refractivity contribution in [2.24, 2.45) is 0 Å². The molecule has 7 nitrogen and oxygen atoms in total. The minimum Gasteiger partial charge on any atom is -0.352 e. The highest BCUT2D eigenvalue weighted by molar-refractivity contribution is 7.90. The lowest BCUT2D eigenvalue weighted by Gasteiger charge is -2.18. The third-order valence-corrected chi connectivity index (χ3v) is 6.97. The highest BCUT2D eigenvalue weighted by Crippen LogP contribution is 2.27. The zero-order valence-electron chi connectivity index (χ0n) is 19.3. The van der Waals surface area contributed by atoms with E-state index in [4.69, 9.17) is 0 Å². The third-order valence-electron chi connectivity index (χ3n) is 5.36. The standard InChI is InChI=1S/C22H13F10N3O4S/c23-10-9(11(24)13(26)14(27)12(10)25)21(36)33-6-5-7-1-3-8(4-2-7)40(38,39)35-22(37)34-20-18(31)16(29)15(28)17(30)19(20)32/h1-3,8H,4-6H2,(H,33,36)(H2,34,35,37). The van der Waals surface area contributed by atoms with E-state index in [1.165, 1.54) is 22.2 Å². The van der Waals surface area contributed by atoms with Crippen LogP contribution in [0.4, 0.5) is 54.4 Å². The summed E-state index contributed by atoms with van der Waals surface area (Å²) >= 11 is 0. The van der Waals surface area contributed by atoms with Gasteiger partial charge in [-0.3, -0.25) is 4.79 Å². The van der Waals surface area contributed by atoms with Crippen molar-refractivity contribution in [3.05, 3.63) is 87.5 Å². The molecular weight excluding hydrogens is 592 g/mol. The molecular formula is C22H13F10N3O4S. The maximum absolute atomic E-state index is 13.7. The molecule has 0 saturated carbocycles. The van der Waals surface area contributed by atoms with Crippen molar-refractivity contribution in [3.63, 3.8) is 0 Å². The molecule has 2 aromatic carbocycles. The predicted octanol–water partition coefficient (Wildman–Crippen LogP) is 4.60. The van der Waals surface area contributed by atoms with Crippen molar-refractivity contribution in [2.75, 3.05) is 11.9 Å². The van der Waals surface area contributed by atoms with Gasteiger partial charge in [-0.05, 0) is 12.8 Å². The SMILES string of the molecule is O=C(Nc1c(F)c(F)c(F)c(F)c1F)NS(=O)(=O)C1C=CC(CCNC(=O)c2c(F)c(F)c(F)c(F)c2F)=CC1. The van der Waals surface area contributed by atoms with Gasteiger partial charge in [0.05, 0.1) is 0 Å². The van der Waals surface area contributed by atoms with Crippen LogP contribution in [-0.4, -0.2) is 32.2 Å². The molecule has 1 unspecified atom stereocenters. The Morgan fingerprint density at radius 1 is 0.750 bits per heavy atom. The number of hydrogen-bond acceptors (Lipinski definition) is 4. The summed E-state index contributed by atoms with van der Waals surface area (Å²) in [6.45, 7) is -0.394. The molecule has 40 heavy (non-hydrogen) atoms. The topological polar surface area (TPSA) is 104 Å². The number of amides is 3. The molecule has 1 aliphatic carbocycles. The Balaban J connectivity index is 1.58. The lowest BCUT2D eigenvalue weighted by Crippen LogP contribution is -2.40. The van der Waals surface area contributed by atoms with Crippen LogP contribution in [0.5, 0.6) is 0 Å². The molecule has 3 amide bonds. The first-order chi connectivity index (χ1) is 18.6. The van der Waals surface area contributed by atoms with Gasteiger partial charge in [-0.2, -0.15) is 0 Å². The van der Waals surface area contributed by atoms with E-state index in [1.807, 2.05) is 5.32 Å². The Kier molecular flexibility index (Phi) is 8.81. The Morgan fingerprint density at radius 3 is 1.70 bits per heavy atom. The number of sulfonamides is 1. The molecule has 3 N–H and O–H groups in total. The predicted molar refractivity (Wildman–Crippen MR) is 116 cm³/mol. The Labute approximate surface area is 217 Å². The van der Waals surface area contributed by atoms with Gasteiger partial charge in [0.25, 0.3) is 5.91 Å². The van der Waals surface area contributed by atoms with Gasteiger partial charge >= 0.3 is 6.03 Å². The van der Waals surface area contributed by atoms with Gasteiger partial charge in [0, 0.05) is 6.54 Å². The average Bonchev–Trinajstić information content (AvgIpc) is 2.91. The van der Waals surface area contributed by atoms with Crippen LogP contribution in [0.2, 0.25) is 0 Å². The molecule has 18 heteroatoms. The van der Waals surface area contributed by atoms with Gasteiger partial charge < -0.3 is 10.6 Å². The molecule has 2 aromatic rings. The quantitative estimate of drug-likeness (QED) is 0.244. The van der Waals surface area contributed by atoms with Crippen molar-refractivity contribution in [1.29, 1.82) is 0 Å². The summed E-state index contributed by atoms with van der Waals surface area (Å²) in [7, 11) is -4.63. The van der Waals surface area contributed by atoms with Gasteiger partial charge in [-0.1, -0.05) is 23.8 Å². The summed E-state index contributed by atoms with van der Waals surface area (Å²) in [5.41, 5.74) is -3.17. The highest BCUT2D eigenvalue weighted by Gasteiger charge is 2.31. The van der Waals surface area contributed by atoms with E-state index >= 15 is 0 Å². The molecule has 0 aromatic heterocycles. The number of hydrogen-bond donors (Lipinski definition) is 3. The fourth-order valence-corrected chi connectivity index (χ4v) is 4.43. The first-order valence-electron chi connectivity index (χ1n) is 10.6. The fraction of sp³-hybridized carbons (Fsp3) is 0.182. The van der Waals surface area contributed by atoms with Gasteiger partial charge in [-0.25, -0.2) is 61.8 Å². The van der Waals surface area contributed by atoms with Crippen LogP contribution in [0.3, 0.4) is 0 Å². The Morgan fingerprint density at radius 2 is 1.23 bits per heavy atom. The summed E-state index contributed by atoms with van der Waals surface area (Å²) in [5.74, 6) is -25.5. The minimum atomic E-state index is -4.63. The smallest absolute Gasteiger partial charge is 0.333 e. The molecule has 0 saturated heterocycles. The molecule has 0 radical (unpaired) electrons. The van der Waals surface area contributed by atoms with Crippen molar-refractivity contribution in [2.45, 2.75) is 18.1 Å². The van der Waals surface area contributed by atoms with Crippen LogP contribution in [0.15, 0.2) is 23.8 Å². The highest BCUT2D eigenvalue weighted by atomic mass is 32.2. The molecule has 1 aliphatic rings. The van der Waals surface area contributed by atoms with Crippen LogP contribution in [0, 0.1) is 58.2 Å². The fourth-order valence-electron chi connectivity index (χ4n) is 3.33. The van der Waals surface area contributed by atoms with E-state index in [0.29, 0.717) is 5.57 Å². The van der Waals surface area contributed by atoms with E-state index in [2.05, 4.69) is 0 Å². The number of allylic oxidation sites excluding steroid dienone is 2. The first-order valence-corrected chi connectivity index (χ1v) is 12.1. The molecule has 1 atom stereocenters. The number of halogens is 10. The van der Waals surface area contributed by atoms with E-state index in [1.54, 1.807) is 0 Å². The molecule has 0 spiro atoms. The molecule has 0 aliphatic heterocycles. The second kappa shape index (κ2) is 11.6. The minimum absolute atomic E-state index is 0.113. The van der Waals surface area contributed by atoms with Crippen molar-refractivity contribution < 1.29 is 61.9 Å². The molecule has 3 rings (SSSR count). The van der Waals surface area contributed by atoms with Crippen LogP contribution >= 0.6 is 0 Å². The van der Waals surface area contributed by atoms with Crippen LogP contribution < -0.4 is 15.4 Å². The van der Waals surface area contributed by atoms with Gasteiger partial charge in [0.1, 0.15) is 16.5 Å². The van der Waals surface area contributed by atoms with Gasteiger partial charge in [0.2, 0.25) is 21.7 Å². The van der Waals surface area contributed by atoms with Gasteiger partial charge in [0.15, 0.2) is 46.5 Å². The molecule has 0 heterocycles. The number of nitrogens with one attached hydrogen (secondary N) is 3. The van der Waals surface area contributed by atoms with Crippen LogP contribution in [0.25, 0.3) is 0 Å². The van der Waals surface area contributed by atoms with E-state index < -0.39 is 103 Å². The maximum atomic E-state index is 13.7.